The lowest BCUT2D eigenvalue weighted by atomic mass is 9.68. The largest absolute Gasteiger partial charge is 0.466 e. The van der Waals surface area contributed by atoms with Gasteiger partial charge < -0.3 is 10.1 Å². The molecule has 1 aromatic carbocycles. The zero-order chi connectivity index (χ0) is 18.4. The van der Waals surface area contributed by atoms with Gasteiger partial charge in [-0.05, 0) is 31.2 Å². The summed E-state index contributed by atoms with van der Waals surface area (Å²) in [6.07, 6.45) is 1.28. The van der Waals surface area contributed by atoms with Crippen molar-refractivity contribution in [1.82, 2.24) is 5.32 Å². The van der Waals surface area contributed by atoms with E-state index in [0.717, 1.165) is 28.9 Å². The van der Waals surface area contributed by atoms with Crippen molar-refractivity contribution in [1.29, 1.82) is 0 Å². The standard InChI is InChI=1S/C21H25NO3/c1-12-6-8-14(9-7-12)18-17(20(24)25-5)13(2)22-15-10-21(3,4)11-16(23)19(15)18/h6-9,18,22H,10-11H2,1-5H3. The fraction of sp³-hybridized carbons (Fsp3) is 0.429. The number of allylic oxidation sites excluding steroid dienone is 3. The Morgan fingerprint density at radius 1 is 1.16 bits per heavy atom. The third kappa shape index (κ3) is 3.13. The molecule has 3 rings (SSSR count). The Labute approximate surface area is 149 Å². The second-order valence-corrected chi connectivity index (χ2v) is 7.83. The number of ether oxygens (including phenoxy) is 1. The number of ketones is 1. The first kappa shape index (κ1) is 17.5. The summed E-state index contributed by atoms with van der Waals surface area (Å²) >= 11 is 0. The molecular formula is C21H25NO3. The van der Waals surface area contributed by atoms with Crippen LogP contribution in [0.1, 0.15) is 50.7 Å². The SMILES string of the molecule is COC(=O)C1=C(C)NC2=C(C(=O)CC(C)(C)C2)C1c1ccc(C)cc1. The summed E-state index contributed by atoms with van der Waals surface area (Å²) in [5.74, 6) is -0.647. The molecule has 1 aromatic rings. The van der Waals surface area contributed by atoms with Crippen LogP contribution < -0.4 is 5.32 Å². The Hall–Kier alpha value is -2.36. The van der Waals surface area contributed by atoms with E-state index < -0.39 is 0 Å². The van der Waals surface area contributed by atoms with E-state index in [1.54, 1.807) is 0 Å². The van der Waals surface area contributed by atoms with Gasteiger partial charge in [-0.25, -0.2) is 4.79 Å². The number of esters is 1. The average Bonchev–Trinajstić information content (AvgIpc) is 2.52. The van der Waals surface area contributed by atoms with Gasteiger partial charge in [0.05, 0.1) is 12.7 Å². The molecule has 25 heavy (non-hydrogen) atoms. The fourth-order valence-corrected chi connectivity index (χ4v) is 3.91. The van der Waals surface area contributed by atoms with E-state index in [-0.39, 0.29) is 23.1 Å². The van der Waals surface area contributed by atoms with Crippen LogP contribution in [0.15, 0.2) is 46.8 Å². The Balaban J connectivity index is 2.19. The molecular weight excluding hydrogens is 314 g/mol. The molecule has 1 N–H and O–H groups in total. The van der Waals surface area contributed by atoms with Crippen molar-refractivity contribution < 1.29 is 14.3 Å². The molecule has 1 heterocycles. The van der Waals surface area contributed by atoms with Crippen LogP contribution in [0.2, 0.25) is 0 Å². The van der Waals surface area contributed by atoms with E-state index in [1.807, 2.05) is 38.1 Å². The van der Waals surface area contributed by atoms with Gasteiger partial charge >= 0.3 is 5.97 Å². The third-order valence-electron chi connectivity index (χ3n) is 5.06. The number of hydrogen-bond donors (Lipinski definition) is 1. The lowest BCUT2D eigenvalue weighted by Crippen LogP contribution is -2.38. The number of rotatable bonds is 2. The van der Waals surface area contributed by atoms with Gasteiger partial charge in [0.25, 0.3) is 0 Å². The van der Waals surface area contributed by atoms with Crippen LogP contribution >= 0.6 is 0 Å². The highest BCUT2D eigenvalue weighted by Crippen LogP contribution is 2.46. The van der Waals surface area contributed by atoms with E-state index in [9.17, 15) is 9.59 Å². The average molecular weight is 339 g/mol. The zero-order valence-corrected chi connectivity index (χ0v) is 15.5. The van der Waals surface area contributed by atoms with E-state index in [4.69, 9.17) is 4.74 Å². The summed E-state index contributed by atoms with van der Waals surface area (Å²) in [5.41, 5.74) is 4.96. The van der Waals surface area contributed by atoms with E-state index in [0.29, 0.717) is 17.6 Å². The third-order valence-corrected chi connectivity index (χ3v) is 5.06. The minimum atomic E-state index is -0.389. The maximum atomic E-state index is 13.0. The van der Waals surface area contributed by atoms with Crippen molar-refractivity contribution in [3.05, 3.63) is 57.9 Å². The van der Waals surface area contributed by atoms with Gasteiger partial charge in [-0.1, -0.05) is 43.7 Å². The van der Waals surface area contributed by atoms with Crippen molar-refractivity contribution in [3.8, 4) is 0 Å². The predicted octanol–water partition coefficient (Wildman–Crippen LogP) is 3.77. The Kier molecular flexibility index (Phi) is 4.31. The first-order chi connectivity index (χ1) is 11.7. The van der Waals surface area contributed by atoms with Gasteiger partial charge in [0, 0.05) is 29.3 Å². The highest BCUT2D eigenvalue weighted by Gasteiger charge is 2.42. The number of aryl methyl sites for hydroxylation is 1. The van der Waals surface area contributed by atoms with Gasteiger partial charge in [0.2, 0.25) is 0 Å². The van der Waals surface area contributed by atoms with E-state index >= 15 is 0 Å². The first-order valence-corrected chi connectivity index (χ1v) is 8.62. The van der Waals surface area contributed by atoms with Gasteiger partial charge in [0.15, 0.2) is 5.78 Å². The Bertz CT molecular complexity index is 797. The number of dihydropyridines is 1. The number of nitrogens with one attached hydrogen (secondary N) is 1. The topological polar surface area (TPSA) is 55.4 Å². The second kappa shape index (κ2) is 6.17. The molecule has 0 aromatic heterocycles. The maximum absolute atomic E-state index is 13.0. The zero-order valence-electron chi connectivity index (χ0n) is 15.5. The minimum absolute atomic E-state index is 0.0796. The highest BCUT2D eigenvalue weighted by atomic mass is 16.5. The van der Waals surface area contributed by atoms with Crippen molar-refractivity contribution >= 4 is 11.8 Å². The van der Waals surface area contributed by atoms with E-state index in [1.165, 1.54) is 7.11 Å². The van der Waals surface area contributed by atoms with E-state index in [2.05, 4.69) is 19.2 Å². The van der Waals surface area contributed by atoms with Gasteiger partial charge in [0.1, 0.15) is 0 Å². The molecule has 4 nitrogen and oxygen atoms in total. The molecule has 0 bridgehead atoms. The molecule has 2 aliphatic rings. The fourth-order valence-electron chi connectivity index (χ4n) is 3.91. The molecule has 0 spiro atoms. The van der Waals surface area contributed by atoms with Crippen LogP contribution in [-0.2, 0) is 14.3 Å². The lowest BCUT2D eigenvalue weighted by Gasteiger charge is -2.39. The number of Topliss-reactive ketones (excluding diaryl/α,β-unsaturated/α-hetero) is 1. The van der Waals surface area contributed by atoms with Gasteiger partial charge in [-0.2, -0.15) is 0 Å². The Morgan fingerprint density at radius 3 is 2.40 bits per heavy atom. The molecule has 1 aliphatic heterocycles. The number of carbonyl (C=O) groups is 2. The summed E-state index contributed by atoms with van der Waals surface area (Å²) in [6.45, 7) is 8.11. The summed E-state index contributed by atoms with van der Waals surface area (Å²) in [5, 5.41) is 3.32. The molecule has 132 valence electrons. The molecule has 1 unspecified atom stereocenters. The predicted molar refractivity (Wildman–Crippen MR) is 96.8 cm³/mol. The summed E-state index contributed by atoms with van der Waals surface area (Å²) in [7, 11) is 1.38. The molecule has 0 radical (unpaired) electrons. The van der Waals surface area contributed by atoms with Crippen molar-refractivity contribution in [2.75, 3.05) is 7.11 Å². The Morgan fingerprint density at radius 2 is 1.80 bits per heavy atom. The number of hydrogen-bond acceptors (Lipinski definition) is 4. The summed E-state index contributed by atoms with van der Waals surface area (Å²) < 4.78 is 5.02. The highest BCUT2D eigenvalue weighted by molar-refractivity contribution is 6.04. The summed E-state index contributed by atoms with van der Waals surface area (Å²) in [4.78, 5) is 25.5. The van der Waals surface area contributed by atoms with Crippen molar-refractivity contribution in [2.24, 2.45) is 5.41 Å². The van der Waals surface area contributed by atoms with Crippen LogP contribution in [0.4, 0.5) is 0 Å². The van der Waals surface area contributed by atoms with Crippen LogP contribution in [0.5, 0.6) is 0 Å². The number of benzene rings is 1. The lowest BCUT2D eigenvalue weighted by molar-refractivity contribution is -0.136. The quantitative estimate of drug-likeness (QED) is 0.833. The molecule has 4 heteroatoms. The monoisotopic (exact) mass is 339 g/mol. The molecule has 0 saturated heterocycles. The van der Waals surface area contributed by atoms with Gasteiger partial charge in [-0.3, -0.25) is 4.79 Å². The summed E-state index contributed by atoms with van der Waals surface area (Å²) in [6, 6.07) is 8.02. The molecule has 1 aliphatic carbocycles. The van der Waals surface area contributed by atoms with Crippen molar-refractivity contribution in [2.45, 2.75) is 46.5 Å². The van der Waals surface area contributed by atoms with Crippen LogP contribution in [0.3, 0.4) is 0 Å². The molecule has 0 fully saturated rings. The van der Waals surface area contributed by atoms with Crippen LogP contribution in [0, 0.1) is 12.3 Å². The number of carbonyl (C=O) groups excluding carboxylic acids is 2. The minimum Gasteiger partial charge on any atom is -0.466 e. The number of methoxy groups -OCH3 is 1. The second-order valence-electron chi connectivity index (χ2n) is 7.83. The van der Waals surface area contributed by atoms with Crippen LogP contribution in [0.25, 0.3) is 0 Å². The smallest absolute Gasteiger partial charge is 0.336 e. The molecule has 1 atom stereocenters. The van der Waals surface area contributed by atoms with Crippen LogP contribution in [-0.4, -0.2) is 18.9 Å². The van der Waals surface area contributed by atoms with Crippen molar-refractivity contribution in [3.63, 3.8) is 0 Å². The van der Waals surface area contributed by atoms with Gasteiger partial charge in [-0.15, -0.1) is 0 Å². The maximum Gasteiger partial charge on any atom is 0.336 e. The first-order valence-electron chi connectivity index (χ1n) is 8.62. The molecule has 0 amide bonds. The molecule has 0 saturated carbocycles. The normalized spacial score (nSPS) is 22.4.